The van der Waals surface area contributed by atoms with Crippen molar-refractivity contribution in [3.8, 4) is 0 Å². The second kappa shape index (κ2) is 5.61. The average Bonchev–Trinajstić information content (AvgIpc) is 2.86. The molecule has 0 saturated heterocycles. The van der Waals surface area contributed by atoms with E-state index in [4.69, 9.17) is 5.11 Å². The van der Waals surface area contributed by atoms with Gasteiger partial charge in [-0.1, -0.05) is 0 Å². The molecule has 2 heterocycles. The van der Waals surface area contributed by atoms with E-state index < -0.39 is 5.97 Å². The van der Waals surface area contributed by atoms with Gasteiger partial charge in [-0.05, 0) is 6.92 Å². The number of rotatable bonds is 5. The molecule has 0 bridgehead atoms. The van der Waals surface area contributed by atoms with Crippen LogP contribution in [0, 0.1) is 0 Å². The lowest BCUT2D eigenvalue weighted by Gasteiger charge is -2.05. The lowest BCUT2D eigenvalue weighted by atomic mass is 10.5. The van der Waals surface area contributed by atoms with Crippen LogP contribution in [0.25, 0.3) is 0 Å². The van der Waals surface area contributed by atoms with Crippen LogP contribution < -0.4 is 10.9 Å². The summed E-state index contributed by atoms with van der Waals surface area (Å²) in [4.78, 5) is 30.4. The average molecular weight is 280 g/mol. The molecule has 100 valence electrons. The summed E-state index contributed by atoms with van der Waals surface area (Å²) in [5.74, 6) is -0.829. The third kappa shape index (κ3) is 2.97. The lowest BCUT2D eigenvalue weighted by Crippen LogP contribution is -2.23. The number of nitrogens with zero attached hydrogens (tertiary/aromatic N) is 3. The van der Waals surface area contributed by atoms with E-state index in [9.17, 15) is 9.59 Å². The van der Waals surface area contributed by atoms with Crippen molar-refractivity contribution in [2.75, 3.05) is 5.32 Å². The van der Waals surface area contributed by atoms with E-state index in [1.807, 2.05) is 6.92 Å². The number of aromatic nitrogens is 3. The van der Waals surface area contributed by atoms with Crippen molar-refractivity contribution in [3.05, 3.63) is 38.8 Å². The SMILES string of the molecule is CCn1ccnc(NCc2nc(C(=O)O)cs2)c1=O. The topological polar surface area (TPSA) is 97.1 Å². The molecule has 0 fully saturated rings. The summed E-state index contributed by atoms with van der Waals surface area (Å²) in [6, 6.07) is 0. The molecule has 0 spiro atoms. The summed E-state index contributed by atoms with van der Waals surface area (Å²) in [6.07, 6.45) is 3.15. The molecule has 0 radical (unpaired) electrons. The van der Waals surface area contributed by atoms with E-state index >= 15 is 0 Å². The second-order valence-corrected chi connectivity index (χ2v) is 4.59. The lowest BCUT2D eigenvalue weighted by molar-refractivity contribution is 0.0691. The second-order valence-electron chi connectivity index (χ2n) is 3.65. The zero-order valence-corrected chi connectivity index (χ0v) is 11.0. The van der Waals surface area contributed by atoms with Crippen molar-refractivity contribution in [2.24, 2.45) is 0 Å². The van der Waals surface area contributed by atoms with Gasteiger partial charge >= 0.3 is 5.97 Å². The Kier molecular flexibility index (Phi) is 3.91. The molecule has 2 aromatic rings. The van der Waals surface area contributed by atoms with Crippen LogP contribution in [0.2, 0.25) is 0 Å². The number of aromatic carboxylic acids is 1. The summed E-state index contributed by atoms with van der Waals surface area (Å²) in [6.45, 7) is 2.70. The molecule has 2 aromatic heterocycles. The smallest absolute Gasteiger partial charge is 0.355 e. The fourth-order valence-corrected chi connectivity index (χ4v) is 2.17. The van der Waals surface area contributed by atoms with Gasteiger partial charge < -0.3 is 15.0 Å². The quantitative estimate of drug-likeness (QED) is 0.849. The minimum Gasteiger partial charge on any atom is -0.476 e. The number of nitrogens with one attached hydrogen (secondary N) is 1. The first-order valence-corrected chi connectivity index (χ1v) is 6.46. The maximum Gasteiger partial charge on any atom is 0.355 e. The fourth-order valence-electron chi connectivity index (χ4n) is 1.47. The van der Waals surface area contributed by atoms with E-state index in [2.05, 4.69) is 15.3 Å². The van der Waals surface area contributed by atoms with Gasteiger partial charge in [0.2, 0.25) is 0 Å². The van der Waals surface area contributed by atoms with E-state index in [0.29, 0.717) is 11.6 Å². The van der Waals surface area contributed by atoms with Crippen LogP contribution in [0.5, 0.6) is 0 Å². The van der Waals surface area contributed by atoms with E-state index in [1.54, 1.807) is 6.20 Å². The Hall–Kier alpha value is -2.22. The van der Waals surface area contributed by atoms with Gasteiger partial charge in [-0.25, -0.2) is 14.8 Å². The van der Waals surface area contributed by atoms with E-state index in [1.165, 1.54) is 27.5 Å². The Bertz CT molecular complexity index is 649. The van der Waals surface area contributed by atoms with Crippen LogP contribution in [0.1, 0.15) is 22.4 Å². The standard InChI is InChI=1S/C11H12N4O3S/c1-2-15-4-3-12-9(10(15)16)13-5-8-14-7(6-19-8)11(17)18/h3-4,6H,2,5H2,1H3,(H,12,13)(H,17,18). The van der Waals surface area contributed by atoms with Gasteiger partial charge in [0.25, 0.3) is 5.56 Å². The summed E-state index contributed by atoms with van der Waals surface area (Å²) in [7, 11) is 0. The van der Waals surface area contributed by atoms with Crippen molar-refractivity contribution >= 4 is 23.1 Å². The van der Waals surface area contributed by atoms with Crippen LogP contribution in [-0.4, -0.2) is 25.6 Å². The van der Waals surface area contributed by atoms with Gasteiger partial charge in [-0.15, -0.1) is 11.3 Å². The Labute approximate surface area is 112 Å². The molecular formula is C11H12N4O3S. The maximum absolute atomic E-state index is 11.9. The number of hydrogen-bond donors (Lipinski definition) is 2. The molecule has 0 aromatic carbocycles. The van der Waals surface area contributed by atoms with Crippen molar-refractivity contribution in [1.29, 1.82) is 0 Å². The number of hydrogen-bond acceptors (Lipinski definition) is 6. The van der Waals surface area contributed by atoms with Gasteiger partial charge in [-0.2, -0.15) is 0 Å². The number of thiazole rings is 1. The number of aryl methyl sites for hydroxylation is 1. The minimum absolute atomic E-state index is 0.00814. The Morgan fingerprint density at radius 2 is 2.37 bits per heavy atom. The molecule has 0 amide bonds. The molecule has 7 nitrogen and oxygen atoms in total. The number of carbonyl (C=O) groups is 1. The first-order chi connectivity index (χ1) is 9.11. The van der Waals surface area contributed by atoms with Crippen molar-refractivity contribution in [3.63, 3.8) is 0 Å². The number of carboxylic acids is 1. The Morgan fingerprint density at radius 3 is 3.00 bits per heavy atom. The van der Waals surface area contributed by atoms with Crippen LogP contribution in [0.15, 0.2) is 22.6 Å². The number of anilines is 1. The summed E-state index contributed by atoms with van der Waals surface area (Å²) in [5, 5.41) is 13.7. The summed E-state index contributed by atoms with van der Waals surface area (Å²) in [5.41, 5.74) is -0.200. The zero-order chi connectivity index (χ0) is 13.8. The summed E-state index contributed by atoms with van der Waals surface area (Å²) < 4.78 is 1.53. The maximum atomic E-state index is 11.9. The van der Waals surface area contributed by atoms with Crippen LogP contribution in [-0.2, 0) is 13.1 Å². The third-order valence-corrected chi connectivity index (χ3v) is 3.28. The number of carboxylic acid groups (broad SMARTS) is 1. The van der Waals surface area contributed by atoms with Crippen molar-refractivity contribution in [1.82, 2.24) is 14.5 Å². The molecule has 0 atom stereocenters. The highest BCUT2D eigenvalue weighted by Gasteiger charge is 2.09. The molecule has 2 N–H and O–H groups in total. The molecule has 2 rings (SSSR count). The molecule has 0 unspecified atom stereocenters. The minimum atomic E-state index is -1.06. The molecule has 0 aliphatic rings. The predicted molar refractivity (Wildman–Crippen MR) is 70.6 cm³/mol. The van der Waals surface area contributed by atoms with Gasteiger partial charge in [-0.3, -0.25) is 4.79 Å². The van der Waals surface area contributed by atoms with Gasteiger partial charge in [0, 0.05) is 24.3 Å². The largest absolute Gasteiger partial charge is 0.476 e. The highest BCUT2D eigenvalue weighted by atomic mass is 32.1. The fraction of sp³-hybridized carbons (Fsp3) is 0.273. The Morgan fingerprint density at radius 1 is 1.58 bits per heavy atom. The molecule has 8 heteroatoms. The molecule has 0 saturated carbocycles. The molecule has 0 aliphatic carbocycles. The third-order valence-electron chi connectivity index (χ3n) is 2.43. The molecular weight excluding hydrogens is 268 g/mol. The van der Waals surface area contributed by atoms with Gasteiger partial charge in [0.05, 0.1) is 6.54 Å². The van der Waals surface area contributed by atoms with Crippen molar-refractivity contribution in [2.45, 2.75) is 20.0 Å². The van der Waals surface area contributed by atoms with E-state index in [0.717, 1.165) is 0 Å². The first-order valence-electron chi connectivity index (χ1n) is 5.58. The van der Waals surface area contributed by atoms with Gasteiger partial charge in [0.15, 0.2) is 11.5 Å². The van der Waals surface area contributed by atoms with Gasteiger partial charge in [0.1, 0.15) is 5.01 Å². The van der Waals surface area contributed by atoms with E-state index in [-0.39, 0.29) is 23.6 Å². The highest BCUT2D eigenvalue weighted by Crippen LogP contribution is 2.10. The van der Waals surface area contributed by atoms with Crippen LogP contribution in [0.4, 0.5) is 5.82 Å². The van der Waals surface area contributed by atoms with Crippen LogP contribution >= 0.6 is 11.3 Å². The Balaban J connectivity index is 2.10. The van der Waals surface area contributed by atoms with Crippen LogP contribution in [0.3, 0.4) is 0 Å². The zero-order valence-electron chi connectivity index (χ0n) is 10.2. The molecule has 19 heavy (non-hydrogen) atoms. The summed E-state index contributed by atoms with van der Waals surface area (Å²) >= 11 is 1.22. The first kappa shape index (κ1) is 13.2. The van der Waals surface area contributed by atoms with Crippen molar-refractivity contribution < 1.29 is 9.90 Å². The monoisotopic (exact) mass is 280 g/mol. The predicted octanol–water partition coefficient (Wildman–Crippen LogP) is 1.03. The molecule has 0 aliphatic heterocycles. The normalized spacial score (nSPS) is 10.4. The highest BCUT2D eigenvalue weighted by molar-refractivity contribution is 7.09.